The van der Waals surface area contributed by atoms with Gasteiger partial charge in [-0.2, -0.15) is 0 Å². The Morgan fingerprint density at radius 3 is 2.33 bits per heavy atom. The van der Waals surface area contributed by atoms with Crippen molar-refractivity contribution in [2.45, 2.75) is 6.92 Å². The maximum Gasteiger partial charge on any atom is 0.241 e. The summed E-state index contributed by atoms with van der Waals surface area (Å²) < 4.78 is 0. The van der Waals surface area contributed by atoms with E-state index in [-0.39, 0.29) is 5.12 Å². The van der Waals surface area contributed by atoms with Gasteiger partial charge < -0.3 is 0 Å². The van der Waals surface area contributed by atoms with Gasteiger partial charge in [0.15, 0.2) is 0 Å². The molecule has 0 unspecified atom stereocenters. The van der Waals surface area contributed by atoms with Crippen molar-refractivity contribution in [1.29, 1.82) is 0 Å². The maximum atomic E-state index is 9.77. The summed E-state index contributed by atoms with van der Waals surface area (Å²) in [7, 11) is 0. The van der Waals surface area contributed by atoms with Crippen molar-refractivity contribution in [1.82, 2.24) is 0 Å². The lowest BCUT2D eigenvalue weighted by Gasteiger charge is -1.65. The summed E-state index contributed by atoms with van der Waals surface area (Å²) in [5.74, 6) is 0. The van der Waals surface area contributed by atoms with Gasteiger partial charge in [0.05, 0.1) is 0 Å². The van der Waals surface area contributed by atoms with Gasteiger partial charge in [-0.05, 0) is 25.6 Å². The molecule has 0 heterocycles. The van der Waals surface area contributed by atoms with Crippen molar-refractivity contribution < 1.29 is 4.79 Å². The van der Waals surface area contributed by atoms with Crippen LogP contribution in [0.25, 0.3) is 0 Å². The molecule has 6 heavy (non-hydrogen) atoms. The summed E-state index contributed by atoms with van der Waals surface area (Å²) in [6.07, 6.45) is 2.96. The van der Waals surface area contributed by atoms with Crippen LogP contribution in [-0.2, 0) is 4.79 Å². The van der Waals surface area contributed by atoms with E-state index in [9.17, 15) is 4.79 Å². The molecular weight excluding hydrogens is 96.1 g/mol. The van der Waals surface area contributed by atoms with Gasteiger partial charge in [-0.15, -0.1) is 0 Å². The lowest BCUT2D eigenvalue weighted by atomic mass is 10.6. The molecule has 2 heteroatoms. The van der Waals surface area contributed by atoms with Crippen LogP contribution in [0.3, 0.4) is 0 Å². The average Bonchev–Trinajstić information content (AvgIpc) is 1.35. The summed E-state index contributed by atoms with van der Waals surface area (Å²) >= 11 is 4.15. The highest BCUT2D eigenvalue weighted by molar-refractivity contribution is 7.97. The first-order valence-electron chi connectivity index (χ1n) is 1.61. The molecule has 1 nitrogen and oxygen atoms in total. The minimum atomic E-state index is -0.308. The highest BCUT2D eigenvalue weighted by Gasteiger charge is 1.77. The van der Waals surface area contributed by atoms with Crippen LogP contribution in [-0.4, -0.2) is 5.12 Å². The van der Waals surface area contributed by atoms with Crippen LogP contribution >= 0.6 is 12.6 Å². The van der Waals surface area contributed by atoms with E-state index >= 15 is 0 Å². The molecule has 0 aromatic carbocycles. The quantitative estimate of drug-likeness (QED) is 0.455. The predicted octanol–water partition coefficient (Wildman–Crippen LogP) is 1.29. The van der Waals surface area contributed by atoms with E-state index in [0.717, 1.165) is 0 Å². The lowest BCUT2D eigenvalue weighted by Crippen LogP contribution is -1.70. The number of rotatable bonds is 1. The van der Waals surface area contributed by atoms with Crippen molar-refractivity contribution in [2.75, 3.05) is 0 Å². The van der Waals surface area contributed by atoms with Gasteiger partial charge in [-0.1, -0.05) is 6.08 Å². The Balaban J connectivity index is 3.30. The second-order valence-corrected chi connectivity index (χ2v) is 1.22. The van der Waals surface area contributed by atoms with Crippen molar-refractivity contribution in [3.05, 3.63) is 12.2 Å². The minimum Gasteiger partial charge on any atom is -0.277 e. The molecule has 0 amide bonds. The lowest BCUT2D eigenvalue weighted by molar-refractivity contribution is -0.106. The Morgan fingerprint density at radius 1 is 1.83 bits per heavy atom. The summed E-state index contributed by atoms with van der Waals surface area (Å²) in [5, 5.41) is -0.308. The summed E-state index contributed by atoms with van der Waals surface area (Å²) in [6.45, 7) is 1.75. The highest BCUT2D eigenvalue weighted by Crippen LogP contribution is 1.77. The smallest absolute Gasteiger partial charge is 0.241 e. The van der Waals surface area contributed by atoms with Crippen LogP contribution in [0.15, 0.2) is 12.2 Å². The summed E-state index contributed by atoms with van der Waals surface area (Å²) in [6, 6.07) is 0. The molecule has 0 rings (SSSR count). The maximum absolute atomic E-state index is 9.77. The van der Waals surface area contributed by atoms with Crippen LogP contribution in [0.1, 0.15) is 6.92 Å². The van der Waals surface area contributed by atoms with E-state index in [4.69, 9.17) is 0 Å². The van der Waals surface area contributed by atoms with E-state index in [0.29, 0.717) is 0 Å². The minimum absolute atomic E-state index is 0.308. The van der Waals surface area contributed by atoms with Gasteiger partial charge >= 0.3 is 0 Å². The third-order valence-electron chi connectivity index (χ3n) is 0.303. The molecule has 0 aliphatic carbocycles. The summed E-state index contributed by atoms with van der Waals surface area (Å²) in [5.41, 5.74) is 0. The highest BCUT2D eigenvalue weighted by atomic mass is 32.1. The third kappa shape index (κ3) is 3.63. The largest absolute Gasteiger partial charge is 0.277 e. The Hall–Kier alpha value is -0.370. The number of hydrogen-bond acceptors (Lipinski definition) is 1. The van der Waals surface area contributed by atoms with Gasteiger partial charge in [0, 0.05) is 0 Å². The third-order valence-corrected chi connectivity index (χ3v) is 0.439. The number of allylic oxidation sites excluding steroid dienone is 1. The predicted molar refractivity (Wildman–Crippen MR) is 27.4 cm³/mol. The van der Waals surface area contributed by atoms with Crippen molar-refractivity contribution in [3.63, 3.8) is 0 Å². The molecule has 0 atom stereocenters. The number of carbonyl (C=O) groups excluding carboxylic acids is 1. The SMILES string of the molecule is C/C=C\C(=O)[S]. The van der Waals surface area contributed by atoms with E-state index in [2.05, 4.69) is 12.6 Å². The van der Waals surface area contributed by atoms with E-state index in [1.807, 2.05) is 0 Å². The average molecular weight is 101 g/mol. The first kappa shape index (κ1) is 5.63. The fourth-order valence-corrected chi connectivity index (χ4v) is 0.272. The normalized spacial score (nSPS) is 9.50. The van der Waals surface area contributed by atoms with E-state index in [1.54, 1.807) is 13.0 Å². The molecule has 0 aliphatic rings. The van der Waals surface area contributed by atoms with Crippen LogP contribution in [0.4, 0.5) is 0 Å². The molecule has 0 fully saturated rings. The zero-order valence-electron chi connectivity index (χ0n) is 3.47. The fraction of sp³-hybridized carbons (Fsp3) is 0.250. The van der Waals surface area contributed by atoms with Crippen molar-refractivity contribution >= 4 is 17.7 Å². The molecule has 33 valence electrons. The van der Waals surface area contributed by atoms with Gasteiger partial charge in [0.25, 0.3) is 0 Å². The van der Waals surface area contributed by atoms with Gasteiger partial charge in [0.1, 0.15) is 0 Å². The Morgan fingerprint density at radius 2 is 2.33 bits per heavy atom. The van der Waals surface area contributed by atoms with Crippen LogP contribution in [0, 0.1) is 0 Å². The van der Waals surface area contributed by atoms with Crippen LogP contribution in [0.2, 0.25) is 0 Å². The van der Waals surface area contributed by atoms with Crippen LogP contribution in [0.5, 0.6) is 0 Å². The molecular formula is C4H5OS. The van der Waals surface area contributed by atoms with Gasteiger partial charge in [0.2, 0.25) is 5.12 Å². The second kappa shape index (κ2) is 2.85. The molecule has 0 saturated heterocycles. The first-order valence-corrected chi connectivity index (χ1v) is 2.02. The Labute approximate surface area is 42.5 Å². The van der Waals surface area contributed by atoms with Gasteiger partial charge in [-0.3, -0.25) is 4.79 Å². The molecule has 0 aliphatic heterocycles. The first-order chi connectivity index (χ1) is 2.77. The summed E-state index contributed by atoms with van der Waals surface area (Å²) in [4.78, 5) is 9.77. The van der Waals surface area contributed by atoms with Crippen molar-refractivity contribution in [2.24, 2.45) is 0 Å². The molecule has 0 aromatic heterocycles. The second-order valence-electron chi connectivity index (χ2n) is 0.819. The van der Waals surface area contributed by atoms with Gasteiger partial charge in [-0.25, -0.2) is 0 Å². The molecule has 0 saturated carbocycles. The fourth-order valence-electron chi connectivity index (χ4n) is 0.136. The van der Waals surface area contributed by atoms with E-state index < -0.39 is 0 Å². The molecule has 0 bridgehead atoms. The van der Waals surface area contributed by atoms with Crippen LogP contribution < -0.4 is 0 Å². The molecule has 0 N–H and O–H groups in total. The molecule has 0 spiro atoms. The zero-order chi connectivity index (χ0) is 4.99. The number of carbonyl (C=O) groups is 1. The standard InChI is InChI=1S/C4H5OS/c1-2-3-4(5)6/h2-3H,1H3/b3-2-. The van der Waals surface area contributed by atoms with Crippen molar-refractivity contribution in [3.8, 4) is 0 Å². The monoisotopic (exact) mass is 101 g/mol. The zero-order valence-corrected chi connectivity index (χ0v) is 4.29. The molecule has 0 aromatic rings. The molecule has 1 radical (unpaired) electrons. The van der Waals surface area contributed by atoms with E-state index in [1.165, 1.54) is 6.08 Å². The Bertz CT molecular complexity index is 75.6. The Kier molecular flexibility index (Phi) is 2.67. The topological polar surface area (TPSA) is 17.1 Å². The number of hydrogen-bond donors (Lipinski definition) is 0.